The molecule has 2 aliphatic rings. The zero-order valence-corrected chi connectivity index (χ0v) is 10.4. The van der Waals surface area contributed by atoms with Crippen LogP contribution in [0.1, 0.15) is 32.1 Å². The van der Waals surface area contributed by atoms with Gasteiger partial charge in [-0.1, -0.05) is 0 Å². The fraction of sp³-hybridized carbons (Fsp3) is 0.917. The van der Waals surface area contributed by atoms with Gasteiger partial charge in [0.25, 0.3) is 0 Å². The summed E-state index contributed by atoms with van der Waals surface area (Å²) < 4.78 is 5.29. The van der Waals surface area contributed by atoms with Crippen molar-refractivity contribution in [1.82, 2.24) is 4.90 Å². The van der Waals surface area contributed by atoms with Crippen LogP contribution in [-0.4, -0.2) is 42.5 Å². The highest BCUT2D eigenvalue weighted by Crippen LogP contribution is 2.28. The van der Waals surface area contributed by atoms with E-state index in [4.69, 9.17) is 16.3 Å². The summed E-state index contributed by atoms with van der Waals surface area (Å²) in [4.78, 5) is 14.4. The molecule has 92 valence electrons. The molecule has 1 amide bonds. The van der Waals surface area contributed by atoms with E-state index in [0.29, 0.717) is 24.4 Å². The van der Waals surface area contributed by atoms with Gasteiger partial charge in [-0.2, -0.15) is 0 Å². The fourth-order valence-corrected chi connectivity index (χ4v) is 2.62. The molecule has 0 spiro atoms. The predicted octanol–water partition coefficient (Wildman–Crippen LogP) is 2.03. The molecule has 3 nitrogen and oxygen atoms in total. The smallest absolute Gasteiger partial charge is 0.226 e. The summed E-state index contributed by atoms with van der Waals surface area (Å²) in [5.41, 5.74) is 0. The van der Waals surface area contributed by atoms with Gasteiger partial charge in [0.15, 0.2) is 0 Å². The van der Waals surface area contributed by atoms with E-state index in [1.807, 2.05) is 4.90 Å². The molecule has 1 saturated carbocycles. The van der Waals surface area contributed by atoms with Crippen molar-refractivity contribution < 1.29 is 9.53 Å². The first kappa shape index (κ1) is 12.2. The lowest BCUT2D eigenvalue weighted by Crippen LogP contribution is -2.48. The van der Waals surface area contributed by atoms with Gasteiger partial charge in [-0.05, 0) is 32.1 Å². The number of hydrogen-bond acceptors (Lipinski definition) is 2. The Kier molecular flexibility index (Phi) is 4.47. The first-order valence-corrected chi connectivity index (χ1v) is 6.80. The Balaban J connectivity index is 1.92. The molecule has 0 aromatic carbocycles. The molecule has 2 rings (SSSR count). The van der Waals surface area contributed by atoms with Crippen molar-refractivity contribution in [2.75, 3.05) is 25.6 Å². The van der Waals surface area contributed by atoms with Gasteiger partial charge >= 0.3 is 0 Å². The largest absolute Gasteiger partial charge is 0.381 e. The lowest BCUT2D eigenvalue weighted by atomic mass is 9.89. The molecule has 0 N–H and O–H groups in total. The van der Waals surface area contributed by atoms with Crippen LogP contribution in [0.15, 0.2) is 0 Å². The van der Waals surface area contributed by atoms with E-state index < -0.39 is 0 Å². The Hall–Kier alpha value is -0.280. The third-order valence-corrected chi connectivity index (χ3v) is 3.86. The minimum absolute atomic E-state index is 0.178. The van der Waals surface area contributed by atoms with Crippen LogP contribution in [0.3, 0.4) is 0 Å². The Labute approximate surface area is 102 Å². The number of amides is 1. The summed E-state index contributed by atoms with van der Waals surface area (Å²) in [6.07, 6.45) is 5.33. The maximum Gasteiger partial charge on any atom is 0.226 e. The molecule has 1 heterocycles. The molecular weight excluding hydrogens is 226 g/mol. The maximum atomic E-state index is 12.3. The number of carbonyl (C=O) groups excluding carboxylic acids is 1. The van der Waals surface area contributed by atoms with E-state index in [-0.39, 0.29) is 5.92 Å². The molecule has 16 heavy (non-hydrogen) atoms. The molecule has 2 fully saturated rings. The number of hydrogen-bond donors (Lipinski definition) is 0. The molecule has 0 aromatic rings. The van der Waals surface area contributed by atoms with Gasteiger partial charge in [0, 0.05) is 37.6 Å². The van der Waals surface area contributed by atoms with E-state index in [2.05, 4.69) is 0 Å². The normalized spacial score (nSPS) is 22.8. The number of nitrogens with zero attached hydrogens (tertiary/aromatic N) is 1. The van der Waals surface area contributed by atoms with Gasteiger partial charge in [0.2, 0.25) is 5.91 Å². The first-order chi connectivity index (χ1) is 7.83. The third-order valence-electron chi connectivity index (χ3n) is 3.69. The van der Waals surface area contributed by atoms with E-state index >= 15 is 0 Å². The topological polar surface area (TPSA) is 29.5 Å². The summed E-state index contributed by atoms with van der Waals surface area (Å²) in [5, 5.41) is 0. The number of ether oxygens (including phenoxy) is 1. The standard InChI is InChI=1S/C12H20ClNO2/c13-6-7-14(11-2-1-3-11)12(15)10-4-8-16-9-5-10/h10-11H,1-9H2. The number of alkyl halides is 1. The van der Waals surface area contributed by atoms with Crippen molar-refractivity contribution in [3.63, 3.8) is 0 Å². The van der Waals surface area contributed by atoms with Gasteiger partial charge < -0.3 is 9.64 Å². The van der Waals surface area contributed by atoms with Crippen LogP contribution in [0.4, 0.5) is 0 Å². The molecular formula is C12H20ClNO2. The van der Waals surface area contributed by atoms with Crippen molar-refractivity contribution >= 4 is 17.5 Å². The monoisotopic (exact) mass is 245 g/mol. The highest BCUT2D eigenvalue weighted by Gasteiger charge is 2.32. The molecule has 0 atom stereocenters. The second-order valence-electron chi connectivity index (χ2n) is 4.69. The third kappa shape index (κ3) is 2.69. The van der Waals surface area contributed by atoms with Gasteiger partial charge in [0.05, 0.1) is 0 Å². The van der Waals surface area contributed by atoms with Crippen molar-refractivity contribution in [1.29, 1.82) is 0 Å². The highest BCUT2D eigenvalue weighted by molar-refractivity contribution is 6.18. The number of halogens is 1. The minimum Gasteiger partial charge on any atom is -0.381 e. The van der Waals surface area contributed by atoms with Crippen LogP contribution in [0.25, 0.3) is 0 Å². The van der Waals surface area contributed by atoms with Gasteiger partial charge in [0.1, 0.15) is 0 Å². The van der Waals surface area contributed by atoms with Crippen LogP contribution in [0.5, 0.6) is 0 Å². The zero-order chi connectivity index (χ0) is 11.4. The average Bonchev–Trinajstić information content (AvgIpc) is 2.26. The maximum absolute atomic E-state index is 12.3. The van der Waals surface area contributed by atoms with Crippen LogP contribution in [0, 0.1) is 5.92 Å². The Bertz CT molecular complexity index is 237. The highest BCUT2D eigenvalue weighted by atomic mass is 35.5. The zero-order valence-electron chi connectivity index (χ0n) is 9.66. The fourth-order valence-electron chi connectivity index (χ4n) is 2.44. The Morgan fingerprint density at radius 3 is 2.44 bits per heavy atom. The van der Waals surface area contributed by atoms with E-state index in [0.717, 1.165) is 38.9 Å². The molecule has 1 saturated heterocycles. The number of rotatable bonds is 4. The van der Waals surface area contributed by atoms with Crippen LogP contribution >= 0.6 is 11.6 Å². The van der Waals surface area contributed by atoms with E-state index in [9.17, 15) is 4.79 Å². The molecule has 1 aliphatic carbocycles. The van der Waals surface area contributed by atoms with Gasteiger partial charge in [-0.25, -0.2) is 0 Å². The molecule has 0 aromatic heterocycles. The minimum atomic E-state index is 0.178. The molecule has 0 bridgehead atoms. The Morgan fingerprint density at radius 1 is 1.25 bits per heavy atom. The van der Waals surface area contributed by atoms with Crippen molar-refractivity contribution in [2.45, 2.75) is 38.1 Å². The lowest BCUT2D eigenvalue weighted by Gasteiger charge is -2.39. The van der Waals surface area contributed by atoms with Crippen LogP contribution in [-0.2, 0) is 9.53 Å². The Morgan fingerprint density at radius 2 is 1.94 bits per heavy atom. The summed E-state index contributed by atoms with van der Waals surface area (Å²) in [5.74, 6) is 1.04. The molecule has 0 unspecified atom stereocenters. The lowest BCUT2D eigenvalue weighted by molar-refractivity contribution is -0.142. The quantitative estimate of drug-likeness (QED) is 0.710. The van der Waals surface area contributed by atoms with Crippen LogP contribution in [0.2, 0.25) is 0 Å². The molecule has 4 heteroatoms. The summed E-state index contributed by atoms with van der Waals surface area (Å²) in [7, 11) is 0. The summed E-state index contributed by atoms with van der Waals surface area (Å²) in [6, 6.07) is 0.467. The van der Waals surface area contributed by atoms with Crippen molar-refractivity contribution in [3.05, 3.63) is 0 Å². The predicted molar refractivity (Wildman–Crippen MR) is 63.6 cm³/mol. The van der Waals surface area contributed by atoms with E-state index in [1.54, 1.807) is 0 Å². The average molecular weight is 246 g/mol. The van der Waals surface area contributed by atoms with Crippen LogP contribution < -0.4 is 0 Å². The molecule has 0 radical (unpaired) electrons. The summed E-state index contributed by atoms with van der Waals surface area (Å²) >= 11 is 5.79. The number of carbonyl (C=O) groups is 1. The second-order valence-corrected chi connectivity index (χ2v) is 5.07. The second kappa shape index (κ2) is 5.87. The first-order valence-electron chi connectivity index (χ1n) is 6.27. The van der Waals surface area contributed by atoms with Gasteiger partial charge in [-0.15, -0.1) is 11.6 Å². The van der Waals surface area contributed by atoms with Crippen molar-refractivity contribution in [3.8, 4) is 0 Å². The SMILES string of the molecule is O=C(C1CCOCC1)N(CCCl)C1CCC1. The van der Waals surface area contributed by atoms with E-state index in [1.165, 1.54) is 6.42 Å². The van der Waals surface area contributed by atoms with Gasteiger partial charge in [-0.3, -0.25) is 4.79 Å². The summed E-state index contributed by atoms with van der Waals surface area (Å²) in [6.45, 7) is 2.17. The molecule has 1 aliphatic heterocycles. The van der Waals surface area contributed by atoms with Crippen molar-refractivity contribution in [2.24, 2.45) is 5.92 Å².